The molecule has 0 fully saturated rings. The first-order valence-corrected chi connectivity index (χ1v) is 6.53. The van der Waals surface area contributed by atoms with Crippen LogP contribution in [-0.2, 0) is 6.54 Å². The molecule has 1 N–H and O–H groups in total. The number of aliphatic hydroxyl groups excluding tert-OH is 1. The third kappa shape index (κ3) is 3.69. The fraction of sp³-hybridized carbons (Fsp3) is 0.267. The van der Waals surface area contributed by atoms with Crippen LogP contribution in [0.25, 0.3) is 0 Å². The molecule has 1 heterocycles. The predicted molar refractivity (Wildman–Crippen MR) is 78.4 cm³/mol. The van der Waals surface area contributed by atoms with Crippen molar-refractivity contribution in [3.63, 3.8) is 0 Å². The predicted octanol–water partition coefficient (Wildman–Crippen LogP) is 3.42. The zero-order valence-electron chi connectivity index (χ0n) is 11.0. The van der Waals surface area contributed by atoms with E-state index < -0.39 is 6.10 Å². The lowest BCUT2D eigenvalue weighted by Gasteiger charge is -2.19. The summed E-state index contributed by atoms with van der Waals surface area (Å²) in [5.74, 6) is 0. The Labute approximate surface area is 118 Å². The van der Waals surface area contributed by atoms with Crippen LogP contribution in [0.15, 0.2) is 42.6 Å². The maximum absolute atomic E-state index is 9.43. The summed E-state index contributed by atoms with van der Waals surface area (Å²) in [6.07, 6.45) is 1.24. The fourth-order valence-corrected chi connectivity index (χ4v) is 2.08. The van der Waals surface area contributed by atoms with Gasteiger partial charge in [0, 0.05) is 18.6 Å². The topological polar surface area (TPSA) is 36.4 Å². The monoisotopic (exact) mass is 276 g/mol. The highest BCUT2D eigenvalue weighted by atomic mass is 35.5. The molecule has 0 saturated carbocycles. The van der Waals surface area contributed by atoms with E-state index in [2.05, 4.69) is 9.88 Å². The van der Waals surface area contributed by atoms with Crippen molar-refractivity contribution in [2.75, 3.05) is 11.9 Å². The quantitative estimate of drug-likeness (QED) is 0.929. The lowest BCUT2D eigenvalue weighted by molar-refractivity contribution is 0.194. The number of nitrogens with zero attached hydrogens (tertiary/aromatic N) is 2. The number of hydrogen-bond donors (Lipinski definition) is 1. The molecule has 2 aromatic rings. The van der Waals surface area contributed by atoms with Crippen LogP contribution in [0, 0.1) is 0 Å². The smallest absolute Gasteiger partial charge is 0.0931 e. The van der Waals surface area contributed by atoms with E-state index in [1.807, 2.05) is 43.4 Å². The van der Waals surface area contributed by atoms with E-state index in [4.69, 9.17) is 11.6 Å². The van der Waals surface area contributed by atoms with Gasteiger partial charge in [-0.15, -0.1) is 0 Å². The molecule has 0 aliphatic heterocycles. The van der Waals surface area contributed by atoms with E-state index in [1.54, 1.807) is 13.1 Å². The highest BCUT2D eigenvalue weighted by Crippen LogP contribution is 2.18. The first-order chi connectivity index (χ1) is 9.06. The van der Waals surface area contributed by atoms with Crippen molar-refractivity contribution in [3.8, 4) is 0 Å². The summed E-state index contributed by atoms with van der Waals surface area (Å²) < 4.78 is 0. The molecule has 0 aliphatic rings. The van der Waals surface area contributed by atoms with Gasteiger partial charge in [-0.2, -0.15) is 0 Å². The van der Waals surface area contributed by atoms with Gasteiger partial charge < -0.3 is 10.0 Å². The summed E-state index contributed by atoms with van der Waals surface area (Å²) in [6.45, 7) is 2.47. The molecule has 0 spiro atoms. The average molecular weight is 277 g/mol. The Morgan fingerprint density at radius 3 is 2.68 bits per heavy atom. The molecule has 1 aromatic carbocycles. The zero-order chi connectivity index (χ0) is 13.8. The van der Waals surface area contributed by atoms with Crippen LogP contribution >= 0.6 is 11.6 Å². The van der Waals surface area contributed by atoms with Gasteiger partial charge in [0.25, 0.3) is 0 Å². The van der Waals surface area contributed by atoms with Crippen LogP contribution < -0.4 is 4.90 Å². The van der Waals surface area contributed by atoms with Crippen LogP contribution in [-0.4, -0.2) is 17.1 Å². The van der Waals surface area contributed by atoms with Crippen molar-refractivity contribution in [1.82, 2.24) is 4.98 Å². The van der Waals surface area contributed by atoms with Crippen molar-refractivity contribution in [1.29, 1.82) is 0 Å². The SMILES string of the molecule is C[C@@H](O)c1ccc(N(C)Cc2cccc(Cl)c2)cn1. The van der Waals surface area contributed by atoms with E-state index in [1.165, 1.54) is 0 Å². The number of pyridine rings is 1. The van der Waals surface area contributed by atoms with E-state index in [0.717, 1.165) is 22.8 Å². The average Bonchev–Trinajstić information content (AvgIpc) is 2.39. The van der Waals surface area contributed by atoms with Crippen molar-refractivity contribution in [3.05, 3.63) is 58.9 Å². The summed E-state index contributed by atoms with van der Waals surface area (Å²) in [4.78, 5) is 6.33. The van der Waals surface area contributed by atoms with Gasteiger partial charge in [0.2, 0.25) is 0 Å². The number of aromatic nitrogens is 1. The number of benzene rings is 1. The van der Waals surface area contributed by atoms with Gasteiger partial charge in [0.15, 0.2) is 0 Å². The maximum atomic E-state index is 9.43. The molecule has 100 valence electrons. The van der Waals surface area contributed by atoms with Gasteiger partial charge in [-0.1, -0.05) is 23.7 Å². The molecule has 2 rings (SSSR count). The summed E-state index contributed by atoms with van der Waals surface area (Å²) in [6, 6.07) is 11.6. The second-order valence-corrected chi connectivity index (χ2v) is 5.04. The molecule has 0 saturated heterocycles. The van der Waals surface area contributed by atoms with E-state index >= 15 is 0 Å². The Hall–Kier alpha value is -1.58. The van der Waals surface area contributed by atoms with E-state index in [0.29, 0.717) is 5.69 Å². The fourth-order valence-electron chi connectivity index (χ4n) is 1.87. The number of aliphatic hydroxyl groups is 1. The van der Waals surface area contributed by atoms with E-state index in [9.17, 15) is 5.11 Å². The van der Waals surface area contributed by atoms with Gasteiger partial charge >= 0.3 is 0 Å². The Balaban J connectivity index is 2.09. The van der Waals surface area contributed by atoms with Crippen LogP contribution in [0.5, 0.6) is 0 Å². The van der Waals surface area contributed by atoms with Crippen LogP contribution in [0.4, 0.5) is 5.69 Å². The Kier molecular flexibility index (Phi) is 4.40. The van der Waals surface area contributed by atoms with Gasteiger partial charge in [-0.25, -0.2) is 0 Å². The van der Waals surface area contributed by atoms with Crippen molar-refractivity contribution < 1.29 is 5.11 Å². The number of hydrogen-bond acceptors (Lipinski definition) is 3. The highest BCUT2D eigenvalue weighted by molar-refractivity contribution is 6.30. The second kappa shape index (κ2) is 6.04. The van der Waals surface area contributed by atoms with Gasteiger partial charge in [0.1, 0.15) is 0 Å². The molecule has 4 heteroatoms. The number of rotatable bonds is 4. The third-order valence-electron chi connectivity index (χ3n) is 2.95. The molecule has 0 aliphatic carbocycles. The summed E-state index contributed by atoms with van der Waals surface area (Å²) in [7, 11) is 2.00. The molecule has 0 radical (unpaired) electrons. The molecule has 0 bridgehead atoms. The van der Waals surface area contributed by atoms with Gasteiger partial charge in [0.05, 0.1) is 23.7 Å². The molecule has 19 heavy (non-hydrogen) atoms. The van der Waals surface area contributed by atoms with Gasteiger partial charge in [-0.05, 0) is 36.8 Å². The lowest BCUT2D eigenvalue weighted by atomic mass is 10.2. The standard InChI is InChI=1S/C15H17ClN2O/c1-11(19)15-7-6-14(9-17-15)18(2)10-12-4-3-5-13(16)8-12/h3-9,11,19H,10H2,1-2H3/t11-/m1/s1. The summed E-state index contributed by atoms with van der Waals surface area (Å²) in [5, 5.41) is 10.2. The normalized spacial score (nSPS) is 12.2. The van der Waals surface area contributed by atoms with Crippen LogP contribution in [0.2, 0.25) is 5.02 Å². The summed E-state index contributed by atoms with van der Waals surface area (Å²) in [5.41, 5.74) is 2.83. The van der Waals surface area contributed by atoms with Crippen LogP contribution in [0.1, 0.15) is 24.3 Å². The minimum Gasteiger partial charge on any atom is -0.387 e. The molecular formula is C15H17ClN2O. The molecule has 1 atom stereocenters. The maximum Gasteiger partial charge on any atom is 0.0931 e. The lowest BCUT2D eigenvalue weighted by Crippen LogP contribution is -2.16. The molecule has 0 unspecified atom stereocenters. The highest BCUT2D eigenvalue weighted by Gasteiger charge is 2.06. The van der Waals surface area contributed by atoms with Crippen molar-refractivity contribution in [2.45, 2.75) is 19.6 Å². The van der Waals surface area contributed by atoms with Crippen LogP contribution in [0.3, 0.4) is 0 Å². The first-order valence-electron chi connectivity index (χ1n) is 6.16. The van der Waals surface area contributed by atoms with Crippen molar-refractivity contribution >= 4 is 17.3 Å². The van der Waals surface area contributed by atoms with Crippen molar-refractivity contribution in [2.24, 2.45) is 0 Å². The largest absolute Gasteiger partial charge is 0.387 e. The first kappa shape index (κ1) is 13.8. The molecule has 1 aromatic heterocycles. The second-order valence-electron chi connectivity index (χ2n) is 4.60. The zero-order valence-corrected chi connectivity index (χ0v) is 11.8. The third-order valence-corrected chi connectivity index (χ3v) is 3.18. The Morgan fingerprint density at radius 1 is 1.32 bits per heavy atom. The summed E-state index contributed by atoms with van der Waals surface area (Å²) >= 11 is 5.97. The Morgan fingerprint density at radius 2 is 2.11 bits per heavy atom. The molecule has 0 amide bonds. The number of anilines is 1. The minimum absolute atomic E-state index is 0.535. The minimum atomic E-state index is -0.535. The molecule has 3 nitrogen and oxygen atoms in total. The Bertz CT molecular complexity index is 540. The molecular weight excluding hydrogens is 260 g/mol. The van der Waals surface area contributed by atoms with Gasteiger partial charge in [-0.3, -0.25) is 4.98 Å². The van der Waals surface area contributed by atoms with E-state index in [-0.39, 0.29) is 0 Å². The number of halogens is 1.